The second-order valence-corrected chi connectivity index (χ2v) is 24.6. The van der Waals surface area contributed by atoms with Crippen LogP contribution in [0.3, 0.4) is 0 Å². The summed E-state index contributed by atoms with van der Waals surface area (Å²) >= 11 is 0. The Morgan fingerprint density at radius 3 is 1.09 bits per heavy atom. The van der Waals surface area contributed by atoms with Gasteiger partial charge in [0.15, 0.2) is 0 Å². The van der Waals surface area contributed by atoms with Crippen LogP contribution in [0, 0.1) is 0 Å². The molecule has 66 heavy (non-hydrogen) atoms. The standard InChI is InChI=1S/C62H56B2N2/c1-59(2,3)33-19-25-49-41(27-33)43-29-35(61(7,8)9)31-47-57(43)65(49)51-17-13-15-39-37-21-22-38-40-16-14-18-52-56(40)64(46-24-23-45(53(37)54(38)46)63(47)55(39)51)48-32-36(62(10,11)12)30-44-42-28-34(60(4,5)6)20-26-50(42)66(52)58(44)48/h13-32H,1-12H3. The predicted molar refractivity (Wildman–Crippen MR) is 288 cm³/mol. The molecule has 2 aromatic heterocycles. The lowest BCUT2D eigenvalue weighted by Crippen LogP contribution is -2.61. The number of hydrogen-bond donors (Lipinski definition) is 0. The maximum atomic E-state index is 2.62. The van der Waals surface area contributed by atoms with Crippen LogP contribution in [0.1, 0.15) is 105 Å². The van der Waals surface area contributed by atoms with Crippen molar-refractivity contribution >= 4 is 101 Å². The molecule has 0 spiro atoms. The van der Waals surface area contributed by atoms with E-state index in [0.717, 1.165) is 0 Å². The predicted octanol–water partition coefficient (Wildman–Crippen LogP) is 11.8. The van der Waals surface area contributed by atoms with Gasteiger partial charge in [0.1, 0.15) is 0 Å². The van der Waals surface area contributed by atoms with Crippen LogP contribution in [-0.2, 0) is 21.7 Å². The molecule has 320 valence electrons. The minimum absolute atomic E-state index is 0.0214. The normalized spacial score (nSPS) is 14.6. The highest BCUT2D eigenvalue weighted by molar-refractivity contribution is 7.03. The molecule has 0 aliphatic carbocycles. The van der Waals surface area contributed by atoms with E-state index in [-0.39, 0.29) is 35.1 Å². The van der Waals surface area contributed by atoms with E-state index in [1.165, 1.54) is 143 Å². The molecule has 4 heteroatoms. The van der Waals surface area contributed by atoms with Crippen LogP contribution >= 0.6 is 0 Å². The zero-order chi connectivity index (χ0) is 45.5. The lowest BCUT2D eigenvalue weighted by molar-refractivity contribution is 0.590. The van der Waals surface area contributed by atoms with Crippen molar-refractivity contribution in [2.24, 2.45) is 0 Å². The van der Waals surface area contributed by atoms with Crippen molar-refractivity contribution in [2.45, 2.75) is 105 Å². The highest BCUT2D eigenvalue weighted by atomic mass is 15.0. The molecular formula is C62H56B2N2. The number of rotatable bonds is 0. The molecule has 10 aromatic rings. The average molecular weight is 851 g/mol. The molecule has 0 N–H and O–H groups in total. The van der Waals surface area contributed by atoms with Crippen LogP contribution in [0.25, 0.3) is 88.0 Å². The van der Waals surface area contributed by atoms with Gasteiger partial charge in [-0.15, -0.1) is 0 Å². The second kappa shape index (κ2) is 12.0. The Morgan fingerprint density at radius 1 is 0.333 bits per heavy atom. The van der Waals surface area contributed by atoms with E-state index < -0.39 is 0 Å². The first-order valence-corrected chi connectivity index (χ1v) is 24.4. The van der Waals surface area contributed by atoms with E-state index in [1.807, 2.05) is 0 Å². The van der Waals surface area contributed by atoms with Crippen molar-refractivity contribution in [2.75, 3.05) is 0 Å². The SMILES string of the molecule is CC(C)(C)c1ccc2c(c1)c1cc(C(C)(C)C)cc3c1n2-c1cccc2c1B3c1ccc3c4c(ccc-2c14)-c1cccc2c1B3c1cc(C(C)(C)C)cc3c4cc(C(C)(C)C)ccc4n-2c13. The molecule has 0 atom stereocenters. The lowest BCUT2D eigenvalue weighted by Gasteiger charge is -2.38. The summed E-state index contributed by atoms with van der Waals surface area (Å²) in [4.78, 5) is 0. The third-order valence-corrected chi connectivity index (χ3v) is 16.5. The van der Waals surface area contributed by atoms with Gasteiger partial charge in [-0.2, -0.15) is 0 Å². The molecule has 2 nitrogen and oxygen atoms in total. The average Bonchev–Trinajstić information content (AvgIpc) is 3.78. The Labute approximate surface area is 389 Å². The van der Waals surface area contributed by atoms with Crippen molar-refractivity contribution in [1.82, 2.24) is 9.13 Å². The van der Waals surface area contributed by atoms with Gasteiger partial charge in [-0.05, 0) is 147 Å². The highest BCUT2D eigenvalue weighted by Gasteiger charge is 2.45. The Morgan fingerprint density at radius 2 is 0.712 bits per heavy atom. The number of aromatic nitrogens is 2. The summed E-state index contributed by atoms with van der Waals surface area (Å²) in [5.74, 6) is 0. The van der Waals surface area contributed by atoms with Gasteiger partial charge in [0, 0.05) is 44.0 Å². The molecule has 6 heterocycles. The summed E-state index contributed by atoms with van der Waals surface area (Å²) in [6.45, 7) is 28.5. The molecule has 14 rings (SSSR count). The molecule has 0 radical (unpaired) electrons. The summed E-state index contributed by atoms with van der Waals surface area (Å²) in [5.41, 5.74) is 27.7. The van der Waals surface area contributed by atoms with Gasteiger partial charge < -0.3 is 9.13 Å². The van der Waals surface area contributed by atoms with Gasteiger partial charge in [0.05, 0.1) is 11.0 Å². The van der Waals surface area contributed by atoms with Gasteiger partial charge in [0.2, 0.25) is 13.4 Å². The van der Waals surface area contributed by atoms with Crippen molar-refractivity contribution in [3.8, 4) is 33.6 Å². The Hall–Kier alpha value is -6.25. The Balaban J connectivity index is 1.10. The fraction of sp³-hybridized carbons (Fsp3) is 0.258. The summed E-state index contributed by atoms with van der Waals surface area (Å²) in [6.07, 6.45) is 0. The Bertz CT molecular complexity index is 3660. The zero-order valence-electron chi connectivity index (χ0n) is 40.6. The maximum absolute atomic E-state index is 2.62. The third kappa shape index (κ3) is 4.76. The number of fused-ring (bicyclic) bond motifs is 14. The monoisotopic (exact) mass is 850 g/mol. The van der Waals surface area contributed by atoms with Crippen LogP contribution in [0.2, 0.25) is 0 Å². The molecule has 4 aliphatic rings. The quantitative estimate of drug-likeness (QED) is 0.135. The fourth-order valence-electron chi connectivity index (χ4n) is 13.1. The van der Waals surface area contributed by atoms with Gasteiger partial charge in [-0.3, -0.25) is 0 Å². The third-order valence-electron chi connectivity index (χ3n) is 16.5. The van der Waals surface area contributed by atoms with E-state index in [9.17, 15) is 0 Å². The van der Waals surface area contributed by atoms with Gasteiger partial charge in [-0.1, -0.05) is 167 Å². The molecule has 0 unspecified atom stereocenters. The van der Waals surface area contributed by atoms with Crippen LogP contribution in [-0.4, -0.2) is 22.6 Å². The van der Waals surface area contributed by atoms with Crippen LogP contribution in [0.4, 0.5) is 0 Å². The highest BCUT2D eigenvalue weighted by Crippen LogP contribution is 2.46. The van der Waals surface area contributed by atoms with Crippen molar-refractivity contribution < 1.29 is 0 Å². The molecule has 0 saturated heterocycles. The maximum Gasteiger partial charge on any atom is 0.248 e. The second-order valence-electron chi connectivity index (χ2n) is 24.6. The van der Waals surface area contributed by atoms with E-state index in [4.69, 9.17) is 0 Å². The van der Waals surface area contributed by atoms with Crippen LogP contribution in [0.5, 0.6) is 0 Å². The summed E-state index contributed by atoms with van der Waals surface area (Å²) in [7, 11) is 0. The molecule has 0 saturated carbocycles. The van der Waals surface area contributed by atoms with E-state index in [0.29, 0.717) is 0 Å². The molecule has 0 amide bonds. The van der Waals surface area contributed by atoms with E-state index in [1.54, 1.807) is 0 Å². The first kappa shape index (κ1) is 39.0. The molecule has 0 bridgehead atoms. The first-order valence-electron chi connectivity index (χ1n) is 24.4. The molecule has 8 aromatic carbocycles. The molecule has 0 fully saturated rings. The van der Waals surface area contributed by atoms with Crippen molar-refractivity contribution in [3.63, 3.8) is 0 Å². The van der Waals surface area contributed by atoms with Crippen molar-refractivity contribution in [3.05, 3.63) is 144 Å². The number of hydrogen-bond acceptors (Lipinski definition) is 0. The minimum Gasteiger partial charge on any atom is -0.310 e. The number of nitrogens with zero attached hydrogens (tertiary/aromatic N) is 2. The largest absolute Gasteiger partial charge is 0.310 e. The van der Waals surface area contributed by atoms with Crippen molar-refractivity contribution in [1.29, 1.82) is 0 Å². The van der Waals surface area contributed by atoms with Crippen LogP contribution in [0.15, 0.2) is 121 Å². The van der Waals surface area contributed by atoms with Gasteiger partial charge >= 0.3 is 0 Å². The summed E-state index contributed by atoms with van der Waals surface area (Å²) in [6, 6.07) is 49.2. The van der Waals surface area contributed by atoms with Gasteiger partial charge in [0.25, 0.3) is 0 Å². The lowest BCUT2D eigenvalue weighted by atomic mass is 9.29. The van der Waals surface area contributed by atoms with E-state index in [2.05, 4.69) is 214 Å². The minimum atomic E-state index is -0.0214. The van der Waals surface area contributed by atoms with E-state index >= 15 is 0 Å². The molecule has 4 aliphatic heterocycles. The summed E-state index contributed by atoms with van der Waals surface area (Å²) in [5, 5.41) is 8.34. The molecular weight excluding hydrogens is 794 g/mol. The smallest absolute Gasteiger partial charge is 0.248 e. The van der Waals surface area contributed by atoms with Gasteiger partial charge in [-0.25, -0.2) is 0 Å². The first-order chi connectivity index (χ1) is 31.3. The summed E-state index contributed by atoms with van der Waals surface area (Å²) < 4.78 is 5.25. The van der Waals surface area contributed by atoms with Crippen LogP contribution < -0.4 is 32.8 Å². The zero-order valence-corrected chi connectivity index (χ0v) is 40.6. The Kier molecular flexibility index (Phi) is 7.09. The fourth-order valence-corrected chi connectivity index (χ4v) is 13.1. The topological polar surface area (TPSA) is 9.86 Å². The number of benzene rings is 8.